The Balaban J connectivity index is 1.99. The molecule has 0 bridgehead atoms. The lowest BCUT2D eigenvalue weighted by atomic mass is 10.2. The van der Waals surface area contributed by atoms with Crippen LogP contribution in [0.25, 0.3) is 0 Å². The summed E-state index contributed by atoms with van der Waals surface area (Å²) in [6.45, 7) is 0.158. The molecule has 5 heteroatoms. The van der Waals surface area contributed by atoms with Crippen LogP contribution in [0.15, 0.2) is 54.6 Å². The van der Waals surface area contributed by atoms with E-state index < -0.39 is 0 Å². The van der Waals surface area contributed by atoms with E-state index in [1.807, 2.05) is 36.4 Å². The quantitative estimate of drug-likeness (QED) is 0.923. The van der Waals surface area contributed by atoms with E-state index in [2.05, 4.69) is 5.32 Å². The molecule has 0 aliphatic rings. The number of nitrogens with zero attached hydrogens (tertiary/aromatic N) is 2. The number of carbonyl (C=O) groups is 2. The molecule has 2 rings (SSSR count). The molecule has 0 spiro atoms. The Labute approximate surface area is 136 Å². The van der Waals surface area contributed by atoms with Crippen molar-refractivity contribution in [1.82, 2.24) is 4.90 Å². The van der Waals surface area contributed by atoms with Crippen molar-refractivity contribution < 1.29 is 9.59 Å². The molecule has 0 heterocycles. The first-order valence-electron chi connectivity index (χ1n) is 7.36. The number of carbonyl (C=O) groups excluding carboxylic acids is 2. The maximum Gasteiger partial charge on any atom is 0.253 e. The topological polar surface area (TPSA) is 52.7 Å². The number of likely N-dealkylation sites (N-methyl/N-ethyl adjacent to an activating group) is 1. The highest BCUT2D eigenvalue weighted by atomic mass is 16.2. The van der Waals surface area contributed by atoms with Crippen LogP contribution in [-0.4, -0.2) is 44.4 Å². The van der Waals surface area contributed by atoms with Crippen LogP contribution in [0.4, 0.5) is 11.4 Å². The minimum atomic E-state index is -0.0682. The van der Waals surface area contributed by atoms with Crippen molar-refractivity contribution in [3.05, 3.63) is 60.2 Å². The average Bonchev–Trinajstić information content (AvgIpc) is 2.59. The van der Waals surface area contributed by atoms with Gasteiger partial charge in [-0.25, -0.2) is 0 Å². The van der Waals surface area contributed by atoms with Crippen LogP contribution in [0.5, 0.6) is 0 Å². The molecule has 23 heavy (non-hydrogen) atoms. The van der Waals surface area contributed by atoms with Gasteiger partial charge in [0.05, 0.1) is 6.54 Å². The first kappa shape index (κ1) is 16.5. The fraction of sp³-hybridized carbons (Fsp3) is 0.222. The van der Waals surface area contributed by atoms with Gasteiger partial charge in [-0.1, -0.05) is 24.3 Å². The number of hydrogen-bond acceptors (Lipinski definition) is 3. The zero-order valence-electron chi connectivity index (χ0n) is 13.6. The lowest BCUT2D eigenvalue weighted by molar-refractivity contribution is -0.116. The first-order valence-corrected chi connectivity index (χ1v) is 7.36. The van der Waals surface area contributed by atoms with E-state index >= 15 is 0 Å². The van der Waals surface area contributed by atoms with E-state index in [4.69, 9.17) is 0 Å². The highest BCUT2D eigenvalue weighted by Crippen LogP contribution is 2.14. The standard InChI is InChI=1S/C18H21N3O2/c1-20(2)18(23)14-8-7-9-15(12-14)19-13-17(22)21(3)16-10-5-4-6-11-16/h4-12,19H,13H2,1-3H3. The molecule has 0 unspecified atom stereocenters. The number of hydrogen-bond donors (Lipinski definition) is 1. The molecular weight excluding hydrogens is 290 g/mol. The summed E-state index contributed by atoms with van der Waals surface area (Å²) < 4.78 is 0. The number of benzene rings is 2. The second kappa shape index (κ2) is 7.45. The molecule has 5 nitrogen and oxygen atoms in total. The number of nitrogens with one attached hydrogen (secondary N) is 1. The fourth-order valence-corrected chi connectivity index (χ4v) is 2.11. The van der Waals surface area contributed by atoms with Gasteiger partial charge in [-0.3, -0.25) is 9.59 Å². The van der Waals surface area contributed by atoms with Gasteiger partial charge in [0, 0.05) is 38.1 Å². The van der Waals surface area contributed by atoms with Gasteiger partial charge in [-0.15, -0.1) is 0 Å². The third-order valence-electron chi connectivity index (χ3n) is 3.48. The monoisotopic (exact) mass is 311 g/mol. The predicted octanol–water partition coefficient (Wildman–Crippen LogP) is 2.46. The van der Waals surface area contributed by atoms with Gasteiger partial charge in [0.1, 0.15) is 0 Å². The van der Waals surface area contributed by atoms with E-state index in [1.54, 1.807) is 44.2 Å². The molecule has 0 radical (unpaired) electrons. The zero-order chi connectivity index (χ0) is 16.8. The van der Waals surface area contributed by atoms with Crippen molar-refractivity contribution in [2.75, 3.05) is 37.9 Å². The number of rotatable bonds is 5. The Bertz CT molecular complexity index is 684. The predicted molar refractivity (Wildman–Crippen MR) is 92.8 cm³/mol. The van der Waals surface area contributed by atoms with Gasteiger partial charge in [0.15, 0.2) is 0 Å². The van der Waals surface area contributed by atoms with E-state index in [-0.39, 0.29) is 18.4 Å². The maximum atomic E-state index is 12.2. The Morgan fingerprint density at radius 1 is 0.957 bits per heavy atom. The van der Waals surface area contributed by atoms with Crippen molar-refractivity contribution in [3.8, 4) is 0 Å². The summed E-state index contributed by atoms with van der Waals surface area (Å²) in [5.41, 5.74) is 2.17. The van der Waals surface area contributed by atoms with Crippen molar-refractivity contribution in [1.29, 1.82) is 0 Å². The summed E-state index contributed by atoms with van der Waals surface area (Å²) in [4.78, 5) is 27.3. The Morgan fingerprint density at radius 2 is 1.65 bits per heavy atom. The molecule has 0 atom stereocenters. The Hall–Kier alpha value is -2.82. The van der Waals surface area contributed by atoms with Crippen LogP contribution in [0.1, 0.15) is 10.4 Å². The van der Waals surface area contributed by atoms with Crippen LogP contribution in [0.3, 0.4) is 0 Å². The maximum absolute atomic E-state index is 12.2. The van der Waals surface area contributed by atoms with Gasteiger partial charge in [0.25, 0.3) is 5.91 Å². The van der Waals surface area contributed by atoms with Gasteiger partial charge in [0.2, 0.25) is 5.91 Å². The highest BCUT2D eigenvalue weighted by molar-refractivity contribution is 5.96. The van der Waals surface area contributed by atoms with Crippen molar-refractivity contribution in [2.24, 2.45) is 0 Å². The summed E-state index contributed by atoms with van der Waals surface area (Å²) >= 11 is 0. The lowest BCUT2D eigenvalue weighted by Gasteiger charge is -2.18. The molecular formula is C18H21N3O2. The molecule has 2 amide bonds. The summed E-state index contributed by atoms with van der Waals surface area (Å²) in [5.74, 6) is -0.123. The van der Waals surface area contributed by atoms with Crippen molar-refractivity contribution in [3.63, 3.8) is 0 Å². The van der Waals surface area contributed by atoms with E-state index in [9.17, 15) is 9.59 Å². The summed E-state index contributed by atoms with van der Waals surface area (Å²) in [6, 6.07) is 16.6. The highest BCUT2D eigenvalue weighted by Gasteiger charge is 2.11. The molecule has 0 aliphatic carbocycles. The third-order valence-corrected chi connectivity index (χ3v) is 3.48. The molecule has 0 saturated carbocycles. The number of anilines is 2. The summed E-state index contributed by atoms with van der Waals surface area (Å²) in [5, 5.41) is 3.07. The average molecular weight is 311 g/mol. The van der Waals surface area contributed by atoms with Gasteiger partial charge >= 0.3 is 0 Å². The van der Waals surface area contributed by atoms with E-state index in [0.29, 0.717) is 5.56 Å². The van der Waals surface area contributed by atoms with Gasteiger partial charge in [-0.2, -0.15) is 0 Å². The smallest absolute Gasteiger partial charge is 0.253 e. The molecule has 0 aliphatic heterocycles. The minimum absolute atomic E-state index is 0.0551. The van der Waals surface area contributed by atoms with Crippen LogP contribution in [-0.2, 0) is 4.79 Å². The van der Waals surface area contributed by atoms with Crippen LogP contribution < -0.4 is 10.2 Å². The SMILES string of the molecule is CN(C)C(=O)c1cccc(NCC(=O)N(C)c2ccccc2)c1. The molecule has 120 valence electrons. The van der Waals surface area contributed by atoms with E-state index in [0.717, 1.165) is 11.4 Å². The number of amides is 2. The van der Waals surface area contributed by atoms with Gasteiger partial charge < -0.3 is 15.1 Å². The third kappa shape index (κ3) is 4.32. The zero-order valence-corrected chi connectivity index (χ0v) is 13.6. The summed E-state index contributed by atoms with van der Waals surface area (Å²) in [6.07, 6.45) is 0. The molecule has 0 saturated heterocycles. The lowest BCUT2D eigenvalue weighted by Crippen LogP contribution is -2.32. The molecule has 2 aromatic carbocycles. The van der Waals surface area contributed by atoms with Crippen molar-refractivity contribution in [2.45, 2.75) is 0 Å². The molecule has 1 N–H and O–H groups in total. The second-order valence-electron chi connectivity index (χ2n) is 5.42. The largest absolute Gasteiger partial charge is 0.376 e. The van der Waals surface area contributed by atoms with Crippen LogP contribution >= 0.6 is 0 Å². The molecule has 2 aromatic rings. The van der Waals surface area contributed by atoms with E-state index in [1.165, 1.54) is 4.90 Å². The first-order chi connectivity index (χ1) is 11.0. The van der Waals surface area contributed by atoms with Crippen molar-refractivity contribution >= 4 is 23.2 Å². The van der Waals surface area contributed by atoms with Crippen LogP contribution in [0, 0.1) is 0 Å². The molecule has 0 aromatic heterocycles. The fourth-order valence-electron chi connectivity index (χ4n) is 2.11. The Kier molecular flexibility index (Phi) is 5.36. The second-order valence-corrected chi connectivity index (χ2v) is 5.42. The summed E-state index contributed by atoms with van der Waals surface area (Å²) in [7, 11) is 5.16. The van der Waals surface area contributed by atoms with Crippen LogP contribution in [0.2, 0.25) is 0 Å². The number of para-hydroxylation sites is 1. The minimum Gasteiger partial charge on any atom is -0.376 e. The molecule has 0 fully saturated rings. The Morgan fingerprint density at radius 3 is 2.30 bits per heavy atom. The van der Waals surface area contributed by atoms with Gasteiger partial charge in [-0.05, 0) is 30.3 Å². The normalized spacial score (nSPS) is 10.0.